The molecule has 0 radical (unpaired) electrons. The summed E-state index contributed by atoms with van der Waals surface area (Å²) in [5, 5.41) is 4.42. The lowest BCUT2D eigenvalue weighted by atomic mass is 10.1. The summed E-state index contributed by atoms with van der Waals surface area (Å²) in [6, 6.07) is 8.78. The Balaban J connectivity index is 1.88. The second-order valence-electron chi connectivity index (χ2n) is 5.59. The maximum absolute atomic E-state index is 6.10. The van der Waals surface area contributed by atoms with Crippen LogP contribution in [0.5, 0.6) is 0 Å². The van der Waals surface area contributed by atoms with Crippen LogP contribution < -0.4 is 10.2 Å². The molecule has 1 spiro atoms. The molecule has 92 valence electrons. The van der Waals surface area contributed by atoms with E-state index in [9.17, 15) is 0 Å². The van der Waals surface area contributed by atoms with Crippen LogP contribution in [-0.4, -0.2) is 25.7 Å². The lowest BCUT2D eigenvalue weighted by molar-refractivity contribution is 0.500. The molecule has 1 N–H and O–H groups in total. The van der Waals surface area contributed by atoms with Crippen molar-refractivity contribution in [2.75, 3.05) is 24.5 Å². The van der Waals surface area contributed by atoms with Crippen molar-refractivity contribution in [1.82, 2.24) is 5.32 Å². The van der Waals surface area contributed by atoms with E-state index < -0.39 is 0 Å². The van der Waals surface area contributed by atoms with Gasteiger partial charge in [-0.25, -0.2) is 0 Å². The largest absolute Gasteiger partial charge is 0.367 e. The minimum Gasteiger partial charge on any atom is -0.367 e. The van der Waals surface area contributed by atoms with Gasteiger partial charge in [-0.05, 0) is 38.0 Å². The molecule has 1 aliphatic carbocycles. The number of anilines is 1. The summed E-state index contributed by atoms with van der Waals surface area (Å²) < 4.78 is 0. The fourth-order valence-corrected chi connectivity index (χ4v) is 2.93. The number of rotatable bonds is 1. The monoisotopic (exact) mass is 250 g/mol. The Morgan fingerprint density at radius 2 is 2.24 bits per heavy atom. The summed E-state index contributed by atoms with van der Waals surface area (Å²) in [5.41, 5.74) is 1.80. The van der Waals surface area contributed by atoms with Gasteiger partial charge in [0.25, 0.3) is 0 Å². The second kappa shape index (κ2) is 4.18. The number of benzene rings is 1. The standard InChI is InChI=1S/C14H19ClN2/c1-11-8-16-9-14(5-6-14)10-17(11)13-4-2-3-12(15)7-13/h2-4,7,11,16H,5-6,8-10H2,1H3. The van der Waals surface area contributed by atoms with Crippen LogP contribution in [0.1, 0.15) is 19.8 Å². The first-order valence-electron chi connectivity index (χ1n) is 6.42. The summed E-state index contributed by atoms with van der Waals surface area (Å²) in [5.74, 6) is 0. The molecule has 1 aromatic rings. The third kappa shape index (κ3) is 2.29. The highest BCUT2D eigenvalue weighted by Gasteiger charge is 2.45. The van der Waals surface area contributed by atoms with Crippen molar-refractivity contribution in [2.45, 2.75) is 25.8 Å². The molecule has 0 bridgehead atoms. The summed E-state index contributed by atoms with van der Waals surface area (Å²) in [6.07, 6.45) is 2.73. The zero-order valence-corrected chi connectivity index (χ0v) is 11.0. The minimum atomic E-state index is 0.535. The first-order valence-corrected chi connectivity index (χ1v) is 6.79. The Labute approximate surface area is 108 Å². The molecule has 1 unspecified atom stereocenters. The van der Waals surface area contributed by atoms with Crippen LogP contribution in [0.2, 0.25) is 5.02 Å². The number of hydrogen-bond acceptors (Lipinski definition) is 2. The predicted molar refractivity (Wildman–Crippen MR) is 72.8 cm³/mol. The van der Waals surface area contributed by atoms with E-state index in [1.807, 2.05) is 12.1 Å². The Morgan fingerprint density at radius 1 is 1.41 bits per heavy atom. The maximum Gasteiger partial charge on any atom is 0.0426 e. The van der Waals surface area contributed by atoms with Crippen molar-refractivity contribution < 1.29 is 0 Å². The van der Waals surface area contributed by atoms with Crippen LogP contribution in [-0.2, 0) is 0 Å². The average molecular weight is 251 g/mol. The predicted octanol–water partition coefficient (Wildman–Crippen LogP) is 2.92. The van der Waals surface area contributed by atoms with E-state index in [-0.39, 0.29) is 0 Å². The summed E-state index contributed by atoms with van der Waals surface area (Å²) in [4.78, 5) is 2.51. The molecule has 1 aliphatic heterocycles. The maximum atomic E-state index is 6.10. The molecule has 2 nitrogen and oxygen atoms in total. The van der Waals surface area contributed by atoms with Gasteiger partial charge < -0.3 is 10.2 Å². The van der Waals surface area contributed by atoms with Crippen molar-refractivity contribution in [3.63, 3.8) is 0 Å². The summed E-state index contributed by atoms with van der Waals surface area (Å²) in [6.45, 7) is 5.69. The smallest absolute Gasteiger partial charge is 0.0426 e. The average Bonchev–Trinajstić information content (AvgIpc) is 3.08. The Bertz CT molecular complexity index is 414. The Kier molecular flexibility index (Phi) is 2.80. The van der Waals surface area contributed by atoms with Crippen LogP contribution in [0.4, 0.5) is 5.69 Å². The van der Waals surface area contributed by atoms with Gasteiger partial charge in [-0.15, -0.1) is 0 Å². The SMILES string of the molecule is CC1CNCC2(CC2)CN1c1cccc(Cl)c1. The topological polar surface area (TPSA) is 15.3 Å². The van der Waals surface area contributed by atoms with E-state index in [1.54, 1.807) is 0 Å². The van der Waals surface area contributed by atoms with Crippen molar-refractivity contribution >= 4 is 17.3 Å². The van der Waals surface area contributed by atoms with Gasteiger partial charge in [0.05, 0.1) is 0 Å². The van der Waals surface area contributed by atoms with Crippen molar-refractivity contribution in [1.29, 1.82) is 0 Å². The van der Waals surface area contributed by atoms with Crippen molar-refractivity contribution in [3.8, 4) is 0 Å². The fraction of sp³-hybridized carbons (Fsp3) is 0.571. The van der Waals surface area contributed by atoms with E-state index in [1.165, 1.54) is 31.6 Å². The molecule has 1 saturated heterocycles. The highest BCUT2D eigenvalue weighted by atomic mass is 35.5. The molecule has 0 amide bonds. The normalized spacial score (nSPS) is 26.9. The van der Waals surface area contributed by atoms with Gasteiger partial charge in [-0.3, -0.25) is 0 Å². The summed E-state index contributed by atoms with van der Waals surface area (Å²) >= 11 is 6.10. The van der Waals surface area contributed by atoms with Crippen LogP contribution in [0.15, 0.2) is 24.3 Å². The molecular weight excluding hydrogens is 232 g/mol. The molecule has 0 aromatic heterocycles. The Morgan fingerprint density at radius 3 is 2.94 bits per heavy atom. The highest BCUT2D eigenvalue weighted by molar-refractivity contribution is 6.30. The van der Waals surface area contributed by atoms with Gasteiger partial charge >= 0.3 is 0 Å². The highest BCUT2D eigenvalue weighted by Crippen LogP contribution is 2.47. The van der Waals surface area contributed by atoms with E-state index in [2.05, 4.69) is 29.3 Å². The number of halogens is 1. The van der Waals surface area contributed by atoms with Gasteiger partial charge in [0.1, 0.15) is 0 Å². The van der Waals surface area contributed by atoms with E-state index in [4.69, 9.17) is 11.6 Å². The van der Waals surface area contributed by atoms with Crippen LogP contribution >= 0.6 is 11.6 Å². The van der Waals surface area contributed by atoms with Gasteiger partial charge in [0.15, 0.2) is 0 Å². The van der Waals surface area contributed by atoms with Crippen molar-refractivity contribution in [2.24, 2.45) is 5.41 Å². The molecule has 1 aromatic carbocycles. The van der Waals surface area contributed by atoms with Crippen LogP contribution in [0.25, 0.3) is 0 Å². The van der Waals surface area contributed by atoms with Gasteiger partial charge in [0, 0.05) is 41.8 Å². The zero-order chi connectivity index (χ0) is 11.9. The quantitative estimate of drug-likeness (QED) is 0.825. The van der Waals surface area contributed by atoms with Crippen molar-refractivity contribution in [3.05, 3.63) is 29.3 Å². The Hall–Kier alpha value is -0.730. The second-order valence-corrected chi connectivity index (χ2v) is 6.02. The first kappa shape index (κ1) is 11.4. The van der Waals surface area contributed by atoms with Crippen LogP contribution in [0, 0.1) is 5.41 Å². The lowest BCUT2D eigenvalue weighted by Crippen LogP contribution is -2.38. The van der Waals surface area contributed by atoms with Gasteiger partial charge in [0.2, 0.25) is 0 Å². The number of nitrogens with zero attached hydrogens (tertiary/aromatic N) is 1. The number of hydrogen-bond donors (Lipinski definition) is 1. The van der Waals surface area contributed by atoms with Gasteiger partial charge in [-0.1, -0.05) is 17.7 Å². The zero-order valence-electron chi connectivity index (χ0n) is 10.2. The third-order valence-corrected chi connectivity index (χ3v) is 4.31. The van der Waals surface area contributed by atoms with E-state index >= 15 is 0 Å². The molecule has 3 heteroatoms. The molecule has 1 heterocycles. The molecule has 2 aliphatic rings. The molecule has 1 atom stereocenters. The van der Waals surface area contributed by atoms with Crippen LogP contribution in [0.3, 0.4) is 0 Å². The molecule has 1 saturated carbocycles. The van der Waals surface area contributed by atoms with E-state index in [0.717, 1.165) is 11.6 Å². The fourth-order valence-electron chi connectivity index (χ4n) is 2.74. The first-order chi connectivity index (χ1) is 8.19. The molecule has 2 fully saturated rings. The molecular formula is C14H19ClN2. The van der Waals surface area contributed by atoms with Gasteiger partial charge in [-0.2, -0.15) is 0 Å². The van der Waals surface area contributed by atoms with E-state index in [0.29, 0.717) is 11.5 Å². The molecule has 17 heavy (non-hydrogen) atoms. The third-order valence-electron chi connectivity index (χ3n) is 4.07. The molecule has 3 rings (SSSR count). The number of nitrogens with one attached hydrogen (secondary N) is 1. The lowest BCUT2D eigenvalue weighted by Gasteiger charge is -2.31. The minimum absolute atomic E-state index is 0.535. The summed E-state index contributed by atoms with van der Waals surface area (Å²) in [7, 11) is 0.